The van der Waals surface area contributed by atoms with E-state index in [1.807, 2.05) is 19.1 Å². The molecule has 5 nitrogen and oxygen atoms in total. The quantitative estimate of drug-likeness (QED) is 0.779. The van der Waals surface area contributed by atoms with Crippen LogP contribution >= 0.6 is 0 Å². The van der Waals surface area contributed by atoms with Gasteiger partial charge in [0.15, 0.2) is 0 Å². The van der Waals surface area contributed by atoms with Crippen LogP contribution in [0.5, 0.6) is 0 Å². The van der Waals surface area contributed by atoms with E-state index in [0.29, 0.717) is 31.0 Å². The molecule has 0 saturated heterocycles. The number of furan rings is 1. The Morgan fingerprint density at radius 1 is 1.26 bits per heavy atom. The summed E-state index contributed by atoms with van der Waals surface area (Å²) >= 11 is 0. The van der Waals surface area contributed by atoms with Crippen molar-refractivity contribution in [2.45, 2.75) is 13.5 Å². The topological polar surface area (TPSA) is 68.9 Å². The van der Waals surface area contributed by atoms with Gasteiger partial charge in [0.05, 0.1) is 19.8 Å². The average Bonchev–Trinajstić information content (AvgIpc) is 2.78. The molecule has 5 heteroatoms. The molecule has 0 spiro atoms. The van der Waals surface area contributed by atoms with Gasteiger partial charge in [0.25, 0.3) is 0 Å². The zero-order valence-corrected chi connectivity index (χ0v) is 10.7. The fraction of sp³-hybridized carbons (Fsp3) is 0.357. The van der Waals surface area contributed by atoms with Crippen LogP contribution in [-0.2, 0) is 16.1 Å². The standard InChI is InChI=1S/C14H16O5/c1-2-17-7-8-18-9-11-10-5-3-4-6-12(10)19-13(11)14(15)16/h3-6H,2,7-9H2,1H3,(H,15,16). The maximum atomic E-state index is 11.2. The first-order chi connectivity index (χ1) is 9.24. The van der Waals surface area contributed by atoms with E-state index in [9.17, 15) is 4.79 Å². The van der Waals surface area contributed by atoms with E-state index in [4.69, 9.17) is 19.0 Å². The molecule has 1 heterocycles. The molecule has 0 saturated carbocycles. The second kappa shape index (κ2) is 6.36. The molecule has 0 bridgehead atoms. The van der Waals surface area contributed by atoms with Crippen molar-refractivity contribution in [3.63, 3.8) is 0 Å². The number of para-hydroxylation sites is 1. The SMILES string of the molecule is CCOCCOCc1c(C(=O)O)oc2ccccc12. The Bertz CT molecular complexity index is 558. The first-order valence-corrected chi connectivity index (χ1v) is 6.13. The van der Waals surface area contributed by atoms with Gasteiger partial charge in [-0.1, -0.05) is 18.2 Å². The van der Waals surface area contributed by atoms with Crippen LogP contribution in [0.15, 0.2) is 28.7 Å². The molecular formula is C14H16O5. The molecule has 0 amide bonds. The summed E-state index contributed by atoms with van der Waals surface area (Å²) in [7, 11) is 0. The molecular weight excluding hydrogens is 248 g/mol. The Balaban J connectivity index is 2.15. The van der Waals surface area contributed by atoms with Crippen LogP contribution in [0.25, 0.3) is 11.0 Å². The summed E-state index contributed by atoms with van der Waals surface area (Å²) in [6, 6.07) is 7.21. The Morgan fingerprint density at radius 2 is 2.00 bits per heavy atom. The number of fused-ring (bicyclic) bond motifs is 1. The summed E-state index contributed by atoms with van der Waals surface area (Å²) < 4.78 is 15.9. The van der Waals surface area contributed by atoms with Gasteiger partial charge < -0.3 is 19.0 Å². The van der Waals surface area contributed by atoms with Crippen molar-refractivity contribution in [2.75, 3.05) is 19.8 Å². The third kappa shape index (κ3) is 3.13. The predicted octanol–water partition coefficient (Wildman–Crippen LogP) is 2.68. The second-order valence-corrected chi connectivity index (χ2v) is 3.96. The van der Waals surface area contributed by atoms with Crippen LogP contribution in [0.2, 0.25) is 0 Å². The first kappa shape index (κ1) is 13.6. The Hall–Kier alpha value is -1.85. The van der Waals surface area contributed by atoms with Gasteiger partial charge in [-0.15, -0.1) is 0 Å². The highest BCUT2D eigenvalue weighted by Crippen LogP contribution is 2.26. The van der Waals surface area contributed by atoms with Crippen LogP contribution in [0, 0.1) is 0 Å². The molecule has 0 aliphatic heterocycles. The number of carboxylic acids is 1. The second-order valence-electron chi connectivity index (χ2n) is 3.96. The van der Waals surface area contributed by atoms with E-state index in [-0.39, 0.29) is 12.4 Å². The number of ether oxygens (including phenoxy) is 2. The highest BCUT2D eigenvalue weighted by molar-refractivity contribution is 5.94. The van der Waals surface area contributed by atoms with E-state index in [2.05, 4.69) is 0 Å². The van der Waals surface area contributed by atoms with E-state index in [1.54, 1.807) is 12.1 Å². The number of hydrogen-bond donors (Lipinski definition) is 1. The van der Waals surface area contributed by atoms with E-state index in [0.717, 1.165) is 5.39 Å². The number of hydrogen-bond acceptors (Lipinski definition) is 4. The van der Waals surface area contributed by atoms with Crippen molar-refractivity contribution in [1.29, 1.82) is 0 Å². The highest BCUT2D eigenvalue weighted by Gasteiger charge is 2.19. The van der Waals surface area contributed by atoms with Gasteiger partial charge in [0, 0.05) is 17.6 Å². The molecule has 0 atom stereocenters. The van der Waals surface area contributed by atoms with E-state index >= 15 is 0 Å². The molecule has 0 radical (unpaired) electrons. The van der Waals surface area contributed by atoms with Gasteiger partial charge in [-0.2, -0.15) is 0 Å². The Morgan fingerprint density at radius 3 is 2.74 bits per heavy atom. The summed E-state index contributed by atoms with van der Waals surface area (Å²) in [5.41, 5.74) is 1.13. The van der Waals surface area contributed by atoms with Gasteiger partial charge >= 0.3 is 5.97 Å². The van der Waals surface area contributed by atoms with Crippen LogP contribution in [0.1, 0.15) is 23.0 Å². The summed E-state index contributed by atoms with van der Waals surface area (Å²) in [6.07, 6.45) is 0. The largest absolute Gasteiger partial charge is 0.475 e. The van der Waals surface area contributed by atoms with Crippen LogP contribution in [-0.4, -0.2) is 30.9 Å². The molecule has 102 valence electrons. The minimum atomic E-state index is -1.08. The van der Waals surface area contributed by atoms with E-state index < -0.39 is 5.97 Å². The van der Waals surface area contributed by atoms with Crippen LogP contribution in [0.3, 0.4) is 0 Å². The molecule has 0 aliphatic carbocycles. The average molecular weight is 264 g/mol. The van der Waals surface area contributed by atoms with E-state index in [1.165, 1.54) is 0 Å². The molecule has 2 rings (SSSR count). The molecule has 19 heavy (non-hydrogen) atoms. The number of rotatable bonds is 7. The van der Waals surface area contributed by atoms with Crippen molar-refractivity contribution in [3.8, 4) is 0 Å². The first-order valence-electron chi connectivity index (χ1n) is 6.13. The maximum absolute atomic E-state index is 11.2. The van der Waals surface area contributed by atoms with Crippen molar-refractivity contribution < 1.29 is 23.8 Å². The van der Waals surface area contributed by atoms with Crippen LogP contribution < -0.4 is 0 Å². The Kier molecular flexibility index (Phi) is 4.54. The normalized spacial score (nSPS) is 11.0. The molecule has 2 aromatic rings. The summed E-state index contributed by atoms with van der Waals surface area (Å²) in [6.45, 7) is 3.66. The monoisotopic (exact) mass is 264 g/mol. The van der Waals surface area contributed by atoms with Gasteiger partial charge in [-0.05, 0) is 13.0 Å². The molecule has 0 aliphatic rings. The Labute approximate surface area is 110 Å². The van der Waals surface area contributed by atoms with Crippen molar-refractivity contribution in [1.82, 2.24) is 0 Å². The zero-order chi connectivity index (χ0) is 13.7. The lowest BCUT2D eigenvalue weighted by molar-refractivity contribution is 0.0441. The summed E-state index contributed by atoms with van der Waals surface area (Å²) in [4.78, 5) is 11.2. The van der Waals surface area contributed by atoms with Crippen molar-refractivity contribution in [3.05, 3.63) is 35.6 Å². The van der Waals surface area contributed by atoms with Crippen molar-refractivity contribution in [2.24, 2.45) is 0 Å². The predicted molar refractivity (Wildman–Crippen MR) is 69.3 cm³/mol. The fourth-order valence-corrected chi connectivity index (χ4v) is 1.85. The van der Waals surface area contributed by atoms with Gasteiger partial charge in [-0.25, -0.2) is 4.79 Å². The molecule has 0 unspecified atom stereocenters. The molecule has 1 aromatic heterocycles. The van der Waals surface area contributed by atoms with Gasteiger partial charge in [-0.3, -0.25) is 0 Å². The third-order valence-electron chi connectivity index (χ3n) is 2.72. The maximum Gasteiger partial charge on any atom is 0.372 e. The van der Waals surface area contributed by atoms with Crippen molar-refractivity contribution >= 4 is 16.9 Å². The van der Waals surface area contributed by atoms with Crippen LogP contribution in [0.4, 0.5) is 0 Å². The van der Waals surface area contributed by atoms with Gasteiger partial charge in [0.2, 0.25) is 5.76 Å². The van der Waals surface area contributed by atoms with Gasteiger partial charge in [0.1, 0.15) is 5.58 Å². The minimum Gasteiger partial charge on any atom is -0.475 e. The summed E-state index contributed by atoms with van der Waals surface area (Å²) in [5.74, 6) is -1.14. The lowest BCUT2D eigenvalue weighted by Gasteiger charge is -2.04. The highest BCUT2D eigenvalue weighted by atomic mass is 16.5. The lowest BCUT2D eigenvalue weighted by atomic mass is 10.1. The molecule has 1 aromatic carbocycles. The summed E-state index contributed by atoms with van der Waals surface area (Å²) in [5, 5.41) is 9.91. The molecule has 0 fully saturated rings. The number of benzene rings is 1. The number of carboxylic acid groups (broad SMARTS) is 1. The minimum absolute atomic E-state index is 0.0578. The zero-order valence-electron chi connectivity index (χ0n) is 10.7. The fourth-order valence-electron chi connectivity index (χ4n) is 1.85. The molecule has 1 N–H and O–H groups in total. The lowest BCUT2D eigenvalue weighted by Crippen LogP contribution is -2.06. The number of carbonyl (C=O) groups is 1. The number of aromatic carboxylic acids is 1. The third-order valence-corrected chi connectivity index (χ3v) is 2.72. The smallest absolute Gasteiger partial charge is 0.372 e.